The molecule has 0 fully saturated rings. The van der Waals surface area contributed by atoms with Gasteiger partial charge in [-0.1, -0.05) is 12.1 Å². The smallest absolute Gasteiger partial charge is 0.408 e. The predicted molar refractivity (Wildman–Crippen MR) is 96.1 cm³/mol. The number of carbonyl (C=O) groups is 1. The van der Waals surface area contributed by atoms with E-state index in [9.17, 15) is 14.4 Å². The largest absolute Gasteiger partial charge is 0.417 e. The summed E-state index contributed by atoms with van der Waals surface area (Å²) in [5.41, 5.74) is 2.77. The number of aromatic amines is 2. The number of aromatic nitrogens is 3. The van der Waals surface area contributed by atoms with Crippen molar-refractivity contribution in [2.75, 3.05) is 5.32 Å². The lowest BCUT2D eigenvalue weighted by Crippen LogP contribution is -2.18. The van der Waals surface area contributed by atoms with Crippen molar-refractivity contribution in [3.05, 3.63) is 69.1 Å². The molecule has 2 aromatic carbocycles. The minimum atomic E-state index is -0.551. The Morgan fingerprint density at radius 3 is 2.81 bits per heavy atom. The Kier molecular flexibility index (Phi) is 3.85. The van der Waals surface area contributed by atoms with Crippen molar-refractivity contribution in [2.45, 2.75) is 12.8 Å². The quantitative estimate of drug-likeness (QED) is 0.519. The second kappa shape index (κ2) is 6.32. The normalized spacial score (nSPS) is 11.1. The molecule has 4 aromatic rings. The first kappa shape index (κ1) is 15.8. The molecule has 1 amide bonds. The Morgan fingerprint density at radius 2 is 1.92 bits per heavy atom. The van der Waals surface area contributed by atoms with Crippen LogP contribution in [-0.2, 0) is 11.2 Å². The van der Waals surface area contributed by atoms with Crippen molar-refractivity contribution in [1.82, 2.24) is 15.0 Å². The molecule has 2 aromatic heterocycles. The number of nitrogens with zero attached hydrogens (tertiary/aromatic N) is 1. The number of carbonyl (C=O) groups excluding carboxylic acids is 1. The summed E-state index contributed by atoms with van der Waals surface area (Å²) in [6.45, 7) is 0. The third kappa shape index (κ3) is 3.12. The third-order valence-electron chi connectivity index (χ3n) is 3.96. The van der Waals surface area contributed by atoms with E-state index in [0.717, 1.165) is 0 Å². The van der Waals surface area contributed by atoms with Crippen LogP contribution in [0, 0.1) is 0 Å². The minimum absolute atomic E-state index is 0.101. The van der Waals surface area contributed by atoms with Gasteiger partial charge in [0.05, 0.1) is 16.6 Å². The summed E-state index contributed by atoms with van der Waals surface area (Å²) in [6.07, 6.45) is 0.316. The second-order valence-electron chi connectivity index (χ2n) is 5.80. The number of nitrogens with one attached hydrogen (secondary N) is 3. The zero-order valence-electron chi connectivity index (χ0n) is 13.5. The van der Waals surface area contributed by atoms with Crippen LogP contribution >= 0.6 is 0 Å². The van der Waals surface area contributed by atoms with Gasteiger partial charge in [0.2, 0.25) is 5.91 Å². The summed E-state index contributed by atoms with van der Waals surface area (Å²) in [6, 6.07) is 12.1. The van der Waals surface area contributed by atoms with E-state index >= 15 is 0 Å². The van der Waals surface area contributed by atoms with Crippen LogP contribution in [0.4, 0.5) is 5.69 Å². The minimum Gasteiger partial charge on any atom is -0.408 e. The van der Waals surface area contributed by atoms with Gasteiger partial charge in [-0.2, -0.15) is 0 Å². The van der Waals surface area contributed by atoms with Crippen molar-refractivity contribution < 1.29 is 9.21 Å². The van der Waals surface area contributed by atoms with Gasteiger partial charge in [0.1, 0.15) is 5.69 Å². The molecule has 0 aliphatic heterocycles. The van der Waals surface area contributed by atoms with E-state index in [2.05, 4.69) is 20.3 Å². The Hall–Kier alpha value is -3.68. The van der Waals surface area contributed by atoms with Gasteiger partial charge in [0.25, 0.3) is 5.56 Å². The van der Waals surface area contributed by atoms with Crippen LogP contribution in [0.15, 0.2) is 56.5 Å². The Balaban J connectivity index is 1.47. The van der Waals surface area contributed by atoms with Gasteiger partial charge in [-0.05, 0) is 24.3 Å². The van der Waals surface area contributed by atoms with E-state index < -0.39 is 5.76 Å². The fourth-order valence-corrected chi connectivity index (χ4v) is 2.72. The molecular formula is C18H14N4O4. The number of anilines is 1. The molecule has 4 rings (SSSR count). The lowest BCUT2D eigenvalue weighted by molar-refractivity contribution is -0.116. The average molecular weight is 350 g/mol. The first-order valence-electron chi connectivity index (χ1n) is 7.99. The van der Waals surface area contributed by atoms with Crippen LogP contribution in [0.25, 0.3) is 22.1 Å². The zero-order chi connectivity index (χ0) is 18.1. The van der Waals surface area contributed by atoms with Crippen molar-refractivity contribution in [3.63, 3.8) is 0 Å². The van der Waals surface area contributed by atoms with Crippen LogP contribution < -0.4 is 16.6 Å². The van der Waals surface area contributed by atoms with Gasteiger partial charge in [0.15, 0.2) is 5.58 Å². The van der Waals surface area contributed by atoms with Gasteiger partial charge >= 0.3 is 5.76 Å². The number of hydrogen-bond donors (Lipinski definition) is 3. The summed E-state index contributed by atoms with van der Waals surface area (Å²) in [5.74, 6) is -0.818. The molecule has 0 aliphatic carbocycles. The number of fused-ring (bicyclic) bond motifs is 2. The SMILES string of the molecule is O=C(CCc1nc2ccccc2[nH]c1=O)Nc1ccc2[nH]c(=O)oc2c1. The topological polar surface area (TPSA) is 121 Å². The van der Waals surface area contributed by atoms with Gasteiger partial charge < -0.3 is 14.7 Å². The molecule has 0 unspecified atom stereocenters. The molecule has 130 valence electrons. The highest BCUT2D eigenvalue weighted by atomic mass is 16.4. The summed E-state index contributed by atoms with van der Waals surface area (Å²) in [4.78, 5) is 45.0. The fraction of sp³-hybridized carbons (Fsp3) is 0.111. The number of aryl methyl sites for hydroxylation is 1. The Bertz CT molecular complexity index is 1240. The van der Waals surface area contributed by atoms with E-state index in [1.807, 2.05) is 12.1 Å². The number of amides is 1. The summed E-state index contributed by atoms with van der Waals surface area (Å²) in [5, 5.41) is 2.72. The highest BCUT2D eigenvalue weighted by molar-refractivity contribution is 5.92. The zero-order valence-corrected chi connectivity index (χ0v) is 13.5. The summed E-state index contributed by atoms with van der Waals surface area (Å²) < 4.78 is 4.96. The first-order valence-corrected chi connectivity index (χ1v) is 7.99. The lowest BCUT2D eigenvalue weighted by Gasteiger charge is -2.05. The maximum absolute atomic E-state index is 12.2. The Morgan fingerprint density at radius 1 is 1.08 bits per heavy atom. The van der Waals surface area contributed by atoms with Crippen LogP contribution in [-0.4, -0.2) is 20.9 Å². The third-order valence-corrected chi connectivity index (χ3v) is 3.96. The van der Waals surface area contributed by atoms with Crippen molar-refractivity contribution in [3.8, 4) is 0 Å². The van der Waals surface area contributed by atoms with E-state index in [0.29, 0.717) is 33.5 Å². The molecule has 26 heavy (non-hydrogen) atoms. The van der Waals surface area contributed by atoms with Gasteiger partial charge in [-0.3, -0.25) is 14.6 Å². The summed E-state index contributed by atoms with van der Waals surface area (Å²) >= 11 is 0. The number of benzene rings is 2. The maximum atomic E-state index is 12.2. The number of H-pyrrole nitrogens is 2. The number of hydrogen-bond acceptors (Lipinski definition) is 5. The number of rotatable bonds is 4. The molecule has 2 heterocycles. The molecule has 0 spiro atoms. The molecule has 8 heteroatoms. The summed E-state index contributed by atoms with van der Waals surface area (Å²) in [7, 11) is 0. The van der Waals surface area contributed by atoms with Crippen LogP contribution in [0.5, 0.6) is 0 Å². The first-order chi connectivity index (χ1) is 12.6. The molecule has 8 nitrogen and oxygen atoms in total. The van der Waals surface area contributed by atoms with Crippen molar-refractivity contribution in [1.29, 1.82) is 0 Å². The number of para-hydroxylation sites is 2. The Labute approximate surface area is 145 Å². The molecular weight excluding hydrogens is 336 g/mol. The molecule has 0 bridgehead atoms. The van der Waals surface area contributed by atoms with E-state index in [4.69, 9.17) is 4.42 Å². The van der Waals surface area contributed by atoms with Crippen molar-refractivity contribution in [2.24, 2.45) is 0 Å². The molecule has 0 saturated heterocycles. The monoisotopic (exact) mass is 350 g/mol. The highest BCUT2D eigenvalue weighted by Crippen LogP contribution is 2.16. The second-order valence-corrected chi connectivity index (χ2v) is 5.80. The molecule has 0 radical (unpaired) electrons. The fourth-order valence-electron chi connectivity index (χ4n) is 2.72. The lowest BCUT2D eigenvalue weighted by atomic mass is 10.2. The molecule has 3 N–H and O–H groups in total. The van der Waals surface area contributed by atoms with Crippen LogP contribution in [0.2, 0.25) is 0 Å². The predicted octanol–water partition coefficient (Wildman–Crippen LogP) is 1.93. The van der Waals surface area contributed by atoms with E-state index in [-0.39, 0.29) is 24.3 Å². The molecule has 0 atom stereocenters. The molecule has 0 saturated carbocycles. The van der Waals surface area contributed by atoms with E-state index in [1.54, 1.807) is 30.3 Å². The number of oxazole rings is 1. The van der Waals surface area contributed by atoms with E-state index in [1.165, 1.54) is 0 Å². The van der Waals surface area contributed by atoms with Gasteiger partial charge in [-0.15, -0.1) is 0 Å². The average Bonchev–Trinajstić information content (AvgIpc) is 2.99. The highest BCUT2D eigenvalue weighted by Gasteiger charge is 2.09. The maximum Gasteiger partial charge on any atom is 0.417 e. The van der Waals surface area contributed by atoms with Crippen molar-refractivity contribution >= 4 is 33.7 Å². The van der Waals surface area contributed by atoms with Gasteiger partial charge in [-0.25, -0.2) is 9.78 Å². The van der Waals surface area contributed by atoms with Gasteiger partial charge in [0, 0.05) is 24.6 Å². The van der Waals surface area contributed by atoms with Crippen LogP contribution in [0.3, 0.4) is 0 Å². The standard InChI is InChI=1S/C18H14N4O4/c23-16(19-10-5-6-13-15(9-10)26-18(25)22-13)8-7-14-17(24)21-12-4-2-1-3-11(12)20-14/h1-6,9H,7-8H2,(H,19,23)(H,21,24)(H,22,25). The molecule has 0 aliphatic rings. The van der Waals surface area contributed by atoms with Crippen LogP contribution in [0.1, 0.15) is 12.1 Å².